The number of rotatable bonds is 7. The first-order chi connectivity index (χ1) is 15.0. The second-order valence-electron chi connectivity index (χ2n) is 8.46. The minimum atomic E-state index is 0.324. The number of anilines is 3. The number of nitrogens with one attached hydrogen (secondary N) is 2. The molecule has 0 aliphatic carbocycles. The highest BCUT2D eigenvalue weighted by molar-refractivity contribution is 6.05. The second kappa shape index (κ2) is 9.47. The quantitative estimate of drug-likeness (QED) is 0.696. The Morgan fingerprint density at radius 3 is 2.55 bits per heavy atom. The van der Waals surface area contributed by atoms with Crippen molar-refractivity contribution in [2.75, 3.05) is 48.4 Å². The smallest absolute Gasteiger partial charge is 0.227 e. The van der Waals surface area contributed by atoms with E-state index < -0.39 is 0 Å². The Hall–Kier alpha value is -2.94. The zero-order valence-electron chi connectivity index (χ0n) is 18.7. The molecule has 1 saturated heterocycles. The first kappa shape index (κ1) is 21.3. The minimum absolute atomic E-state index is 0.324. The van der Waals surface area contributed by atoms with Crippen LogP contribution in [0.2, 0.25) is 0 Å². The van der Waals surface area contributed by atoms with Gasteiger partial charge >= 0.3 is 0 Å². The van der Waals surface area contributed by atoms with Gasteiger partial charge in [-0.15, -0.1) is 0 Å². The summed E-state index contributed by atoms with van der Waals surface area (Å²) in [7, 11) is 0. The largest absolute Gasteiger partial charge is 0.378 e. The maximum absolute atomic E-state index is 5.49. The van der Waals surface area contributed by atoms with E-state index in [0.29, 0.717) is 43.4 Å². The van der Waals surface area contributed by atoms with E-state index in [4.69, 9.17) is 14.2 Å². The first-order valence-corrected chi connectivity index (χ1v) is 10.9. The van der Waals surface area contributed by atoms with Crippen molar-refractivity contribution in [2.24, 2.45) is 10.9 Å². The molecule has 31 heavy (non-hydrogen) atoms. The van der Waals surface area contributed by atoms with E-state index in [1.165, 1.54) is 5.57 Å². The van der Waals surface area contributed by atoms with Crippen LogP contribution in [0.15, 0.2) is 33.3 Å². The Morgan fingerprint density at radius 2 is 1.87 bits per heavy atom. The van der Waals surface area contributed by atoms with Crippen LogP contribution in [0.5, 0.6) is 0 Å². The Morgan fingerprint density at radius 1 is 1.06 bits per heavy atom. The third kappa shape index (κ3) is 5.41. The molecule has 0 unspecified atom stereocenters. The molecule has 0 aromatic carbocycles. The van der Waals surface area contributed by atoms with E-state index in [9.17, 15) is 0 Å². The maximum atomic E-state index is 5.49. The summed E-state index contributed by atoms with van der Waals surface area (Å²) in [6.45, 7) is 12.7. The van der Waals surface area contributed by atoms with Gasteiger partial charge in [0.2, 0.25) is 5.95 Å². The normalized spacial score (nSPS) is 16.6. The molecule has 2 aromatic rings. The van der Waals surface area contributed by atoms with Crippen molar-refractivity contribution >= 4 is 23.4 Å². The predicted molar refractivity (Wildman–Crippen MR) is 122 cm³/mol. The summed E-state index contributed by atoms with van der Waals surface area (Å²) in [6.07, 6.45) is 2.11. The average molecular weight is 426 g/mol. The van der Waals surface area contributed by atoms with E-state index in [0.717, 1.165) is 42.7 Å². The number of nitrogens with zero attached hydrogens (tertiary/aromatic N) is 5. The Kier molecular flexibility index (Phi) is 6.50. The van der Waals surface area contributed by atoms with Gasteiger partial charge in [-0.05, 0) is 23.5 Å². The van der Waals surface area contributed by atoms with E-state index in [-0.39, 0.29) is 0 Å². The fourth-order valence-corrected chi connectivity index (χ4v) is 3.38. The molecule has 0 bridgehead atoms. The molecule has 0 atom stereocenters. The molecule has 0 amide bonds. The Labute approximate surface area is 183 Å². The van der Waals surface area contributed by atoms with Gasteiger partial charge in [-0.3, -0.25) is 4.99 Å². The third-order valence-corrected chi connectivity index (χ3v) is 5.39. The van der Waals surface area contributed by atoms with Crippen molar-refractivity contribution in [3.8, 4) is 0 Å². The second-order valence-corrected chi connectivity index (χ2v) is 8.46. The highest BCUT2D eigenvalue weighted by Gasteiger charge is 2.17. The Bertz CT molecular complexity index is 959. The van der Waals surface area contributed by atoms with Crippen molar-refractivity contribution < 1.29 is 9.26 Å². The van der Waals surface area contributed by atoms with Crippen LogP contribution in [0.3, 0.4) is 0 Å². The van der Waals surface area contributed by atoms with Crippen LogP contribution in [-0.4, -0.2) is 53.8 Å². The number of hydrogen-bond acceptors (Lipinski definition) is 9. The molecular formula is C22H31N7O2. The molecule has 9 heteroatoms. The van der Waals surface area contributed by atoms with Gasteiger partial charge in [-0.1, -0.05) is 32.9 Å². The molecule has 2 aromatic heterocycles. The van der Waals surface area contributed by atoms with Crippen LogP contribution in [0.4, 0.5) is 17.6 Å². The third-order valence-electron chi connectivity index (χ3n) is 5.39. The molecule has 0 spiro atoms. The lowest BCUT2D eigenvalue weighted by molar-refractivity contribution is 0.122. The molecular weight excluding hydrogens is 394 g/mol. The van der Waals surface area contributed by atoms with Crippen LogP contribution in [-0.2, 0) is 11.3 Å². The monoisotopic (exact) mass is 425 g/mol. The number of aliphatic imine (C=N–C) groups is 1. The fraction of sp³-hybridized carbons (Fsp3) is 0.545. The molecule has 0 saturated carbocycles. The topological polar surface area (TPSA) is 101 Å². The van der Waals surface area contributed by atoms with Gasteiger partial charge in [0.25, 0.3) is 0 Å². The van der Waals surface area contributed by atoms with Crippen molar-refractivity contribution in [3.05, 3.63) is 35.2 Å². The number of aromatic nitrogens is 3. The summed E-state index contributed by atoms with van der Waals surface area (Å²) in [5.41, 5.74) is 2.25. The lowest BCUT2D eigenvalue weighted by Gasteiger charge is -2.28. The molecule has 2 N–H and O–H groups in total. The standard InChI is InChI=1S/C22H31N7O2/c1-14(2)16-9-19(23-12-16)25-20-11-21(29-5-7-30-8-6-29)27-22(26-20)24-13-17-10-18(15(3)4)28-31-17/h9-11,14-15H,5-8,12-13H2,1-4H3,(H2,23,24,25,26,27). The SMILES string of the molecule is CC(C)C1=CC(Nc2cc(N3CCOCC3)nc(NCc3cc(C(C)C)no3)n2)=NC1. The van der Waals surface area contributed by atoms with Gasteiger partial charge in [-0.25, -0.2) is 0 Å². The molecule has 2 aliphatic rings. The van der Waals surface area contributed by atoms with Crippen LogP contribution in [0.1, 0.15) is 45.1 Å². The summed E-state index contributed by atoms with van der Waals surface area (Å²) in [5.74, 6) is 4.48. The van der Waals surface area contributed by atoms with Crippen molar-refractivity contribution in [1.29, 1.82) is 0 Å². The predicted octanol–water partition coefficient (Wildman–Crippen LogP) is 3.44. The minimum Gasteiger partial charge on any atom is -0.378 e. The van der Waals surface area contributed by atoms with Gasteiger partial charge in [-0.2, -0.15) is 9.97 Å². The number of morpholine rings is 1. The highest BCUT2D eigenvalue weighted by atomic mass is 16.5. The maximum Gasteiger partial charge on any atom is 0.227 e. The number of amidine groups is 1. The molecule has 4 heterocycles. The van der Waals surface area contributed by atoms with E-state index in [2.05, 4.69) is 64.4 Å². The number of hydrogen-bond donors (Lipinski definition) is 2. The van der Waals surface area contributed by atoms with Crippen molar-refractivity contribution in [1.82, 2.24) is 15.1 Å². The van der Waals surface area contributed by atoms with Crippen LogP contribution >= 0.6 is 0 Å². The Balaban J connectivity index is 1.52. The lowest BCUT2D eigenvalue weighted by atomic mass is 10.0. The number of ether oxygens (including phenoxy) is 1. The molecule has 4 rings (SSSR count). The van der Waals surface area contributed by atoms with Crippen LogP contribution < -0.4 is 15.5 Å². The average Bonchev–Trinajstić information content (AvgIpc) is 3.43. The van der Waals surface area contributed by atoms with Gasteiger partial charge < -0.3 is 24.8 Å². The lowest BCUT2D eigenvalue weighted by Crippen LogP contribution is -2.37. The van der Waals surface area contributed by atoms with Crippen molar-refractivity contribution in [3.63, 3.8) is 0 Å². The molecule has 2 aliphatic heterocycles. The summed E-state index contributed by atoms with van der Waals surface area (Å²) in [4.78, 5) is 16.2. The van der Waals surface area contributed by atoms with Crippen LogP contribution in [0, 0.1) is 5.92 Å². The summed E-state index contributed by atoms with van der Waals surface area (Å²) in [5, 5.41) is 10.7. The van der Waals surface area contributed by atoms with E-state index in [1.807, 2.05) is 12.1 Å². The van der Waals surface area contributed by atoms with E-state index >= 15 is 0 Å². The molecule has 0 radical (unpaired) electrons. The van der Waals surface area contributed by atoms with Crippen molar-refractivity contribution in [2.45, 2.75) is 40.2 Å². The molecule has 1 fully saturated rings. The van der Waals surface area contributed by atoms with Gasteiger partial charge in [0.05, 0.1) is 32.0 Å². The van der Waals surface area contributed by atoms with Crippen LogP contribution in [0.25, 0.3) is 0 Å². The van der Waals surface area contributed by atoms with E-state index in [1.54, 1.807) is 0 Å². The summed E-state index contributed by atoms with van der Waals surface area (Å²) in [6, 6.07) is 3.93. The molecule has 9 nitrogen and oxygen atoms in total. The molecule has 166 valence electrons. The zero-order valence-corrected chi connectivity index (χ0v) is 18.7. The summed E-state index contributed by atoms with van der Waals surface area (Å²) < 4.78 is 10.9. The van der Waals surface area contributed by atoms with Gasteiger partial charge in [0.1, 0.15) is 17.5 Å². The van der Waals surface area contributed by atoms with Gasteiger partial charge in [0, 0.05) is 25.2 Å². The fourth-order valence-electron chi connectivity index (χ4n) is 3.38. The zero-order chi connectivity index (χ0) is 21.8. The highest BCUT2D eigenvalue weighted by Crippen LogP contribution is 2.22. The summed E-state index contributed by atoms with van der Waals surface area (Å²) >= 11 is 0. The van der Waals surface area contributed by atoms with Gasteiger partial charge in [0.15, 0.2) is 5.76 Å². The first-order valence-electron chi connectivity index (χ1n) is 10.9.